The Morgan fingerprint density at radius 3 is 2.69 bits per heavy atom. The van der Waals surface area contributed by atoms with E-state index in [0.717, 1.165) is 18.4 Å². The van der Waals surface area contributed by atoms with Crippen molar-refractivity contribution in [2.24, 2.45) is 17.6 Å². The Morgan fingerprint density at radius 1 is 1.19 bits per heavy atom. The Morgan fingerprint density at radius 2 is 2.00 bits per heavy atom. The fourth-order valence-electron chi connectivity index (χ4n) is 2.98. The first-order valence-corrected chi connectivity index (χ1v) is 7.19. The van der Waals surface area contributed by atoms with Crippen LogP contribution in [0.25, 0.3) is 0 Å². The Hall–Kier alpha value is -0.0800. The zero-order valence-electron chi connectivity index (χ0n) is 10.8. The maximum Gasteiger partial charge on any atom is 0.0304 e. The molecule has 2 aliphatic carbocycles. The van der Waals surface area contributed by atoms with Gasteiger partial charge in [0.2, 0.25) is 0 Å². The lowest BCUT2D eigenvalue weighted by Crippen LogP contribution is -2.51. The third kappa shape index (κ3) is 3.46. The highest BCUT2D eigenvalue weighted by Gasteiger charge is 2.31. The molecule has 0 heterocycles. The first-order chi connectivity index (χ1) is 7.74. The molecule has 2 unspecified atom stereocenters. The summed E-state index contributed by atoms with van der Waals surface area (Å²) in [7, 11) is 0. The largest absolute Gasteiger partial charge is 0.329 e. The summed E-state index contributed by atoms with van der Waals surface area (Å²) in [6.45, 7) is 4.40. The van der Waals surface area contributed by atoms with Crippen LogP contribution in [-0.4, -0.2) is 18.6 Å². The maximum absolute atomic E-state index is 6.02. The molecule has 2 saturated carbocycles. The van der Waals surface area contributed by atoms with Gasteiger partial charge in [-0.1, -0.05) is 32.6 Å². The van der Waals surface area contributed by atoms with Gasteiger partial charge in [0.15, 0.2) is 0 Å². The van der Waals surface area contributed by atoms with Crippen molar-refractivity contribution in [2.45, 2.75) is 63.8 Å². The quantitative estimate of drug-likeness (QED) is 0.705. The summed E-state index contributed by atoms with van der Waals surface area (Å²) in [4.78, 5) is 0. The van der Waals surface area contributed by atoms with Crippen LogP contribution in [0.4, 0.5) is 0 Å². The van der Waals surface area contributed by atoms with E-state index in [2.05, 4.69) is 12.2 Å². The lowest BCUT2D eigenvalue weighted by atomic mass is 9.89. The molecular formula is C14H28N2. The molecule has 0 spiro atoms. The summed E-state index contributed by atoms with van der Waals surface area (Å²) in [5.41, 5.74) is 6.30. The predicted molar refractivity (Wildman–Crippen MR) is 69.4 cm³/mol. The molecule has 0 aliphatic heterocycles. The average molecular weight is 224 g/mol. The minimum Gasteiger partial charge on any atom is -0.329 e. The van der Waals surface area contributed by atoms with Gasteiger partial charge >= 0.3 is 0 Å². The molecule has 0 radical (unpaired) electrons. The molecule has 0 saturated heterocycles. The van der Waals surface area contributed by atoms with E-state index >= 15 is 0 Å². The lowest BCUT2D eigenvalue weighted by Gasteiger charge is -2.33. The standard InChI is InChI=1S/C14H28N2/c1-12-3-2-8-14(11-15,9-6-12)16-10-7-13-4-5-13/h12-13,16H,2-11,15H2,1H3. The van der Waals surface area contributed by atoms with Crippen molar-refractivity contribution in [1.29, 1.82) is 0 Å². The Balaban J connectivity index is 1.78. The van der Waals surface area contributed by atoms with E-state index in [-0.39, 0.29) is 5.54 Å². The molecule has 16 heavy (non-hydrogen) atoms. The molecule has 0 aromatic rings. The molecular weight excluding hydrogens is 196 g/mol. The number of hydrogen-bond acceptors (Lipinski definition) is 2. The van der Waals surface area contributed by atoms with Crippen LogP contribution in [0.3, 0.4) is 0 Å². The zero-order valence-corrected chi connectivity index (χ0v) is 10.8. The molecule has 94 valence electrons. The maximum atomic E-state index is 6.02. The molecule has 2 fully saturated rings. The van der Waals surface area contributed by atoms with Crippen LogP contribution in [0.2, 0.25) is 0 Å². The van der Waals surface area contributed by atoms with Crippen LogP contribution in [0.15, 0.2) is 0 Å². The van der Waals surface area contributed by atoms with Gasteiger partial charge in [-0.25, -0.2) is 0 Å². The van der Waals surface area contributed by atoms with E-state index in [9.17, 15) is 0 Å². The molecule has 2 aliphatic rings. The molecule has 2 nitrogen and oxygen atoms in total. The molecule has 3 N–H and O–H groups in total. The van der Waals surface area contributed by atoms with Gasteiger partial charge in [-0.05, 0) is 44.1 Å². The topological polar surface area (TPSA) is 38.0 Å². The highest BCUT2D eigenvalue weighted by atomic mass is 15.0. The van der Waals surface area contributed by atoms with E-state index in [0.29, 0.717) is 0 Å². The van der Waals surface area contributed by atoms with E-state index in [1.165, 1.54) is 57.9 Å². The van der Waals surface area contributed by atoms with Gasteiger partial charge in [0, 0.05) is 12.1 Å². The highest BCUT2D eigenvalue weighted by Crippen LogP contribution is 2.33. The van der Waals surface area contributed by atoms with E-state index in [1.807, 2.05) is 0 Å². The summed E-state index contributed by atoms with van der Waals surface area (Å²) in [5, 5.41) is 3.79. The van der Waals surface area contributed by atoms with Gasteiger partial charge in [-0.3, -0.25) is 0 Å². The van der Waals surface area contributed by atoms with E-state index in [4.69, 9.17) is 5.73 Å². The van der Waals surface area contributed by atoms with Crippen LogP contribution in [0.1, 0.15) is 58.3 Å². The van der Waals surface area contributed by atoms with E-state index in [1.54, 1.807) is 0 Å². The normalized spacial score (nSPS) is 36.0. The monoisotopic (exact) mass is 224 g/mol. The second kappa shape index (κ2) is 5.50. The van der Waals surface area contributed by atoms with Gasteiger partial charge in [-0.15, -0.1) is 0 Å². The number of hydrogen-bond donors (Lipinski definition) is 2. The second-order valence-corrected chi connectivity index (χ2v) is 6.18. The fraction of sp³-hybridized carbons (Fsp3) is 1.00. The first kappa shape index (κ1) is 12.4. The van der Waals surface area contributed by atoms with Crippen molar-refractivity contribution < 1.29 is 0 Å². The van der Waals surface area contributed by atoms with Gasteiger partial charge in [0.1, 0.15) is 0 Å². The summed E-state index contributed by atoms with van der Waals surface area (Å²) in [6, 6.07) is 0. The minimum absolute atomic E-state index is 0.277. The Labute approximate surface area is 100 Å². The average Bonchev–Trinajstić information content (AvgIpc) is 3.09. The fourth-order valence-corrected chi connectivity index (χ4v) is 2.98. The van der Waals surface area contributed by atoms with Crippen LogP contribution in [-0.2, 0) is 0 Å². The van der Waals surface area contributed by atoms with Crippen LogP contribution in [0.5, 0.6) is 0 Å². The van der Waals surface area contributed by atoms with Crippen molar-refractivity contribution in [2.75, 3.05) is 13.1 Å². The van der Waals surface area contributed by atoms with Crippen molar-refractivity contribution in [3.63, 3.8) is 0 Å². The predicted octanol–water partition coefficient (Wildman–Crippen LogP) is 2.67. The van der Waals surface area contributed by atoms with Crippen molar-refractivity contribution in [1.82, 2.24) is 5.32 Å². The number of nitrogens with one attached hydrogen (secondary N) is 1. The van der Waals surface area contributed by atoms with Crippen molar-refractivity contribution in [3.05, 3.63) is 0 Å². The summed E-state index contributed by atoms with van der Waals surface area (Å²) < 4.78 is 0. The second-order valence-electron chi connectivity index (χ2n) is 6.18. The molecule has 2 heteroatoms. The third-order valence-electron chi connectivity index (χ3n) is 4.61. The van der Waals surface area contributed by atoms with E-state index < -0.39 is 0 Å². The highest BCUT2D eigenvalue weighted by molar-refractivity contribution is 4.92. The van der Waals surface area contributed by atoms with Crippen molar-refractivity contribution >= 4 is 0 Å². The van der Waals surface area contributed by atoms with Crippen molar-refractivity contribution in [3.8, 4) is 0 Å². The van der Waals surface area contributed by atoms with Crippen LogP contribution in [0, 0.1) is 11.8 Å². The van der Waals surface area contributed by atoms with Crippen LogP contribution < -0.4 is 11.1 Å². The zero-order chi connectivity index (χ0) is 11.4. The lowest BCUT2D eigenvalue weighted by molar-refractivity contribution is 0.286. The molecule has 0 aromatic heterocycles. The van der Waals surface area contributed by atoms with Gasteiger partial charge < -0.3 is 11.1 Å². The van der Waals surface area contributed by atoms with Gasteiger partial charge in [-0.2, -0.15) is 0 Å². The summed E-state index contributed by atoms with van der Waals surface area (Å²) in [5.74, 6) is 1.94. The SMILES string of the molecule is CC1CCCC(CN)(NCCC2CC2)CC1. The Bertz CT molecular complexity index is 213. The Kier molecular flexibility index (Phi) is 4.26. The third-order valence-corrected chi connectivity index (χ3v) is 4.61. The van der Waals surface area contributed by atoms with Crippen LogP contribution >= 0.6 is 0 Å². The minimum atomic E-state index is 0.277. The van der Waals surface area contributed by atoms with Gasteiger partial charge in [0.05, 0.1) is 0 Å². The first-order valence-electron chi connectivity index (χ1n) is 7.19. The summed E-state index contributed by atoms with van der Waals surface area (Å²) >= 11 is 0. The molecule has 0 bridgehead atoms. The van der Waals surface area contributed by atoms with Gasteiger partial charge in [0.25, 0.3) is 0 Å². The number of rotatable bonds is 5. The molecule has 2 rings (SSSR count). The number of nitrogens with two attached hydrogens (primary N) is 1. The molecule has 0 aromatic carbocycles. The smallest absolute Gasteiger partial charge is 0.0304 e. The molecule has 0 amide bonds. The molecule has 2 atom stereocenters. The summed E-state index contributed by atoms with van der Waals surface area (Å²) in [6.07, 6.45) is 11.0.